The van der Waals surface area contributed by atoms with Gasteiger partial charge in [-0.1, -0.05) is 13.8 Å². The second-order valence-electron chi connectivity index (χ2n) is 2.25. The smallest absolute Gasteiger partial charge is 0.256 e. The Balaban J connectivity index is 3.65. The van der Waals surface area contributed by atoms with Crippen LogP contribution in [0.25, 0.3) is 0 Å². The van der Waals surface area contributed by atoms with Crippen molar-refractivity contribution in [2.45, 2.75) is 20.3 Å². The fraction of sp³-hybridized carbons (Fsp3) is 0.800. The summed E-state index contributed by atoms with van der Waals surface area (Å²) in [5, 5.41) is 9.69. The minimum absolute atomic E-state index is 0.0347. The summed E-state index contributed by atoms with van der Waals surface area (Å²) in [5.41, 5.74) is 0. The van der Waals surface area contributed by atoms with E-state index >= 15 is 0 Å². The number of nitro groups is 1. The molecule has 0 aromatic heterocycles. The Labute approximate surface area is 53.0 Å². The highest BCUT2D eigenvalue weighted by Crippen LogP contribution is 1.99. The molecule has 0 aliphatic carbocycles. The third-order valence-electron chi connectivity index (χ3n) is 0.787. The number of hydrogen-bond acceptors (Lipinski definition) is 3. The van der Waals surface area contributed by atoms with Crippen LogP contribution >= 0.6 is 0 Å². The quantitative estimate of drug-likeness (QED) is 0.412. The Hall–Kier alpha value is -0.930. The number of amides is 1. The number of carbonyl (C=O) groups is 1. The summed E-state index contributed by atoms with van der Waals surface area (Å²) in [6.07, 6.45) is 0.0347. The van der Waals surface area contributed by atoms with Crippen molar-refractivity contribution in [2.24, 2.45) is 5.92 Å². The highest BCUT2D eigenvalue weighted by Gasteiger charge is 2.15. The van der Waals surface area contributed by atoms with Crippen LogP contribution in [0.1, 0.15) is 20.3 Å². The van der Waals surface area contributed by atoms with Crippen molar-refractivity contribution in [1.29, 1.82) is 0 Å². The van der Waals surface area contributed by atoms with Crippen LogP contribution in [0, 0.1) is 16.0 Å². The minimum Gasteiger partial charge on any atom is -0.256 e. The van der Waals surface area contributed by atoms with Crippen LogP contribution in [0.2, 0.25) is 0 Å². The molecule has 0 aromatic carbocycles. The Bertz CT molecular complexity index is 130. The lowest BCUT2D eigenvalue weighted by Gasteiger charge is -1.94. The molecule has 0 rings (SSSR count). The van der Waals surface area contributed by atoms with Crippen molar-refractivity contribution < 1.29 is 9.72 Å². The largest absolute Gasteiger partial charge is 0.444 e. The Morgan fingerprint density at radius 1 is 1.67 bits per heavy atom. The molecule has 0 N–H and O–H groups in total. The molecule has 0 aromatic rings. The van der Waals surface area contributed by atoms with E-state index in [9.17, 15) is 14.9 Å². The summed E-state index contributed by atoms with van der Waals surface area (Å²) >= 11 is 0. The van der Waals surface area contributed by atoms with E-state index in [-0.39, 0.29) is 12.3 Å². The first-order chi connectivity index (χ1) is 4.04. The predicted octanol–water partition coefficient (Wildman–Crippen LogP) is 0.836. The maximum absolute atomic E-state index is 10.3. The lowest BCUT2D eigenvalue weighted by molar-refractivity contribution is -0.403. The molecule has 0 spiro atoms. The van der Waals surface area contributed by atoms with E-state index in [1.165, 1.54) is 0 Å². The molecule has 0 bridgehead atoms. The predicted molar refractivity (Wildman–Crippen MR) is 31.5 cm³/mol. The van der Waals surface area contributed by atoms with Gasteiger partial charge < -0.3 is 0 Å². The van der Waals surface area contributed by atoms with E-state index in [0.29, 0.717) is 0 Å². The second kappa shape index (κ2) is 3.17. The number of carbonyl (C=O) groups excluding carboxylic acids is 1. The van der Waals surface area contributed by atoms with Crippen LogP contribution in [0.5, 0.6) is 0 Å². The molecule has 0 atom stereocenters. The Morgan fingerprint density at radius 3 is 2.22 bits per heavy atom. The van der Waals surface area contributed by atoms with Gasteiger partial charge in [-0.05, 0) is 5.92 Å². The van der Waals surface area contributed by atoms with Gasteiger partial charge in [-0.3, -0.25) is 10.1 Å². The molecule has 0 heterocycles. The molecule has 0 aliphatic heterocycles. The highest BCUT2D eigenvalue weighted by atomic mass is 16.6. The van der Waals surface area contributed by atoms with Gasteiger partial charge in [0.25, 0.3) is 0 Å². The van der Waals surface area contributed by atoms with Crippen molar-refractivity contribution >= 4 is 5.91 Å². The van der Waals surface area contributed by atoms with E-state index in [4.69, 9.17) is 0 Å². The van der Waals surface area contributed by atoms with Crippen LogP contribution in [0.3, 0.4) is 0 Å². The fourth-order valence-electron chi connectivity index (χ4n) is 0.424. The van der Waals surface area contributed by atoms with Crippen LogP contribution in [0.15, 0.2) is 0 Å². The van der Waals surface area contributed by atoms with Crippen molar-refractivity contribution in [3.8, 4) is 0 Å². The maximum atomic E-state index is 10.3. The molecular weight excluding hydrogens is 122 g/mol. The topological polar surface area (TPSA) is 60.2 Å². The third-order valence-corrected chi connectivity index (χ3v) is 0.787. The highest BCUT2D eigenvalue weighted by molar-refractivity contribution is 5.67. The van der Waals surface area contributed by atoms with Gasteiger partial charge in [0.1, 0.15) is 4.92 Å². The summed E-state index contributed by atoms with van der Waals surface area (Å²) in [5.74, 6) is -0.826. The summed E-state index contributed by atoms with van der Waals surface area (Å²) in [7, 11) is 0. The molecular formula is C5H9NO3. The number of hydrogen-bond donors (Lipinski definition) is 0. The third kappa shape index (κ3) is 3.64. The standard InChI is InChI=1S/C5H9NO3/c1-4(2)3-5(7)6(8)9/h4H,3H2,1-2H3. The monoisotopic (exact) mass is 131 g/mol. The first kappa shape index (κ1) is 8.07. The van der Waals surface area contributed by atoms with Gasteiger partial charge in [0.2, 0.25) is 0 Å². The van der Waals surface area contributed by atoms with Crippen LogP contribution in [0.4, 0.5) is 0 Å². The first-order valence-electron chi connectivity index (χ1n) is 2.71. The number of nitrogens with zero attached hydrogens (tertiary/aromatic N) is 1. The minimum atomic E-state index is -0.898. The Kier molecular flexibility index (Phi) is 2.84. The zero-order chi connectivity index (χ0) is 7.44. The molecule has 4 heteroatoms. The molecule has 0 fully saturated rings. The van der Waals surface area contributed by atoms with Gasteiger partial charge in [-0.15, -0.1) is 0 Å². The van der Waals surface area contributed by atoms with Gasteiger partial charge in [-0.25, -0.2) is 4.79 Å². The van der Waals surface area contributed by atoms with Crippen LogP contribution in [-0.4, -0.2) is 10.8 Å². The molecule has 52 valence electrons. The Morgan fingerprint density at radius 2 is 2.11 bits per heavy atom. The van der Waals surface area contributed by atoms with Gasteiger partial charge >= 0.3 is 5.91 Å². The number of rotatable bonds is 2. The van der Waals surface area contributed by atoms with Gasteiger partial charge in [0.15, 0.2) is 0 Å². The van der Waals surface area contributed by atoms with Gasteiger partial charge in [0.05, 0.1) is 6.42 Å². The summed E-state index contributed by atoms with van der Waals surface area (Å²) in [4.78, 5) is 19.1. The van der Waals surface area contributed by atoms with Crippen LogP contribution in [-0.2, 0) is 4.79 Å². The normalized spacial score (nSPS) is 9.67. The van der Waals surface area contributed by atoms with Crippen molar-refractivity contribution in [2.75, 3.05) is 0 Å². The van der Waals surface area contributed by atoms with Gasteiger partial charge in [-0.2, -0.15) is 0 Å². The summed E-state index contributed by atoms with van der Waals surface area (Å²) in [6, 6.07) is 0. The zero-order valence-corrected chi connectivity index (χ0v) is 5.46. The van der Waals surface area contributed by atoms with E-state index in [0.717, 1.165) is 0 Å². The van der Waals surface area contributed by atoms with E-state index < -0.39 is 10.8 Å². The van der Waals surface area contributed by atoms with E-state index in [1.54, 1.807) is 13.8 Å². The van der Waals surface area contributed by atoms with E-state index in [2.05, 4.69) is 0 Å². The van der Waals surface area contributed by atoms with Crippen molar-refractivity contribution in [3.05, 3.63) is 10.1 Å². The first-order valence-corrected chi connectivity index (χ1v) is 2.71. The molecule has 1 amide bonds. The molecule has 0 radical (unpaired) electrons. The lowest BCUT2D eigenvalue weighted by atomic mass is 10.1. The van der Waals surface area contributed by atoms with E-state index in [1.807, 2.05) is 0 Å². The summed E-state index contributed by atoms with van der Waals surface area (Å²) < 4.78 is 0. The maximum Gasteiger partial charge on any atom is 0.444 e. The molecule has 0 saturated heterocycles. The van der Waals surface area contributed by atoms with Crippen molar-refractivity contribution in [1.82, 2.24) is 0 Å². The average molecular weight is 131 g/mol. The van der Waals surface area contributed by atoms with Crippen LogP contribution < -0.4 is 0 Å². The molecule has 0 saturated carbocycles. The zero-order valence-electron chi connectivity index (χ0n) is 5.46. The lowest BCUT2D eigenvalue weighted by Crippen LogP contribution is -2.13. The fourth-order valence-corrected chi connectivity index (χ4v) is 0.424. The van der Waals surface area contributed by atoms with Gasteiger partial charge in [0, 0.05) is 0 Å². The average Bonchev–Trinajstić information content (AvgIpc) is 1.63. The SMILES string of the molecule is CC(C)CC(=O)[N+](=O)[O-]. The van der Waals surface area contributed by atoms with Crippen molar-refractivity contribution in [3.63, 3.8) is 0 Å². The molecule has 9 heavy (non-hydrogen) atoms. The molecule has 0 aliphatic rings. The summed E-state index contributed by atoms with van der Waals surface area (Å²) in [6.45, 7) is 3.53. The molecule has 0 unspecified atom stereocenters. The second-order valence-corrected chi connectivity index (χ2v) is 2.25. The molecule has 4 nitrogen and oxygen atoms in total.